The Hall–Kier alpha value is -2.35. The highest BCUT2D eigenvalue weighted by Gasteiger charge is 2.31. The molecule has 0 bridgehead atoms. The van der Waals surface area contributed by atoms with Crippen molar-refractivity contribution in [2.75, 3.05) is 40.5 Å². The highest BCUT2D eigenvalue weighted by molar-refractivity contribution is 6.32. The zero-order valence-electron chi connectivity index (χ0n) is 17.8. The Labute approximate surface area is 187 Å². The van der Waals surface area contributed by atoms with Crippen LogP contribution in [0, 0.1) is 5.82 Å². The van der Waals surface area contributed by atoms with Gasteiger partial charge >= 0.3 is 0 Å². The maximum Gasteiger partial charge on any atom is 0.255 e. The molecule has 1 fully saturated rings. The molecule has 2 aromatic rings. The van der Waals surface area contributed by atoms with Gasteiger partial charge in [-0.3, -0.25) is 4.79 Å². The van der Waals surface area contributed by atoms with Crippen LogP contribution >= 0.6 is 11.6 Å². The number of hydrogen-bond acceptors (Lipinski definition) is 5. The van der Waals surface area contributed by atoms with Gasteiger partial charge in [0.2, 0.25) is 0 Å². The molecule has 3 rings (SSSR count). The number of benzene rings is 2. The van der Waals surface area contributed by atoms with Crippen LogP contribution in [0.5, 0.6) is 11.5 Å². The number of likely N-dealkylation sites (tertiary alicyclic amines) is 1. The molecule has 168 valence electrons. The van der Waals surface area contributed by atoms with Gasteiger partial charge in [-0.1, -0.05) is 17.7 Å². The van der Waals surface area contributed by atoms with E-state index in [0.717, 1.165) is 25.9 Å². The molecule has 0 aromatic heterocycles. The first-order chi connectivity index (χ1) is 15.0. The van der Waals surface area contributed by atoms with E-state index in [0.29, 0.717) is 35.2 Å². The van der Waals surface area contributed by atoms with Crippen LogP contribution in [0.1, 0.15) is 23.2 Å². The Morgan fingerprint density at radius 2 is 2.00 bits per heavy atom. The molecular formula is C23H28ClFN2O4. The minimum absolute atomic E-state index is 0.104. The van der Waals surface area contributed by atoms with Crippen molar-refractivity contribution in [3.8, 4) is 11.5 Å². The number of hydrogen-bond donors (Lipinski definition) is 1. The third-order valence-electron chi connectivity index (χ3n) is 5.38. The standard InChI is InChI=1S/C23H28ClFN2O4/c1-29-21-15-27(12-4-14-31-17-9-7-16(25)8-10-17)13-11-20(21)26-23(28)18-5-3-6-19(24)22(18)30-2/h3,5-10,20-21H,4,11-15H2,1-2H3,(H,26,28). The molecule has 0 saturated carbocycles. The van der Waals surface area contributed by atoms with E-state index in [-0.39, 0.29) is 23.9 Å². The van der Waals surface area contributed by atoms with Crippen LogP contribution in [0.3, 0.4) is 0 Å². The van der Waals surface area contributed by atoms with Gasteiger partial charge < -0.3 is 24.4 Å². The number of nitrogens with one attached hydrogen (secondary N) is 1. The van der Waals surface area contributed by atoms with Gasteiger partial charge in [0.05, 0.1) is 36.4 Å². The van der Waals surface area contributed by atoms with E-state index in [2.05, 4.69) is 10.2 Å². The van der Waals surface area contributed by atoms with Gasteiger partial charge in [-0.15, -0.1) is 0 Å². The number of carbonyl (C=O) groups excluding carboxylic acids is 1. The fraction of sp³-hybridized carbons (Fsp3) is 0.435. The lowest BCUT2D eigenvalue weighted by molar-refractivity contribution is 0.00527. The van der Waals surface area contributed by atoms with Crippen molar-refractivity contribution in [2.24, 2.45) is 0 Å². The summed E-state index contributed by atoms with van der Waals surface area (Å²) in [6.07, 6.45) is 1.48. The fourth-order valence-electron chi connectivity index (χ4n) is 3.74. The van der Waals surface area contributed by atoms with E-state index in [9.17, 15) is 9.18 Å². The molecule has 2 aromatic carbocycles. The largest absolute Gasteiger partial charge is 0.494 e. The summed E-state index contributed by atoms with van der Waals surface area (Å²) in [5, 5.41) is 3.47. The van der Waals surface area contributed by atoms with Crippen LogP contribution < -0.4 is 14.8 Å². The summed E-state index contributed by atoms with van der Waals surface area (Å²) in [6.45, 7) is 2.96. The first-order valence-electron chi connectivity index (χ1n) is 10.3. The maximum absolute atomic E-state index is 12.9. The summed E-state index contributed by atoms with van der Waals surface area (Å²) >= 11 is 6.13. The van der Waals surface area contributed by atoms with Gasteiger partial charge in [0.1, 0.15) is 17.3 Å². The molecule has 1 N–H and O–H groups in total. The van der Waals surface area contributed by atoms with Crippen molar-refractivity contribution >= 4 is 17.5 Å². The average molecular weight is 451 g/mol. The van der Waals surface area contributed by atoms with E-state index < -0.39 is 0 Å². The topological polar surface area (TPSA) is 60.0 Å². The Bertz CT molecular complexity index is 865. The monoisotopic (exact) mass is 450 g/mol. The molecule has 31 heavy (non-hydrogen) atoms. The van der Waals surface area contributed by atoms with Crippen molar-refractivity contribution in [1.29, 1.82) is 0 Å². The van der Waals surface area contributed by atoms with E-state index in [1.807, 2.05) is 0 Å². The van der Waals surface area contributed by atoms with E-state index >= 15 is 0 Å². The SMILES string of the molecule is COc1c(Cl)cccc1C(=O)NC1CCN(CCCOc2ccc(F)cc2)CC1OC. The predicted octanol–water partition coefficient (Wildman–Crippen LogP) is 3.78. The summed E-state index contributed by atoms with van der Waals surface area (Å²) in [6, 6.07) is 11.0. The summed E-state index contributed by atoms with van der Waals surface area (Å²) in [5.41, 5.74) is 0.408. The Balaban J connectivity index is 1.47. The van der Waals surface area contributed by atoms with Crippen LogP contribution in [-0.4, -0.2) is 63.4 Å². The first-order valence-corrected chi connectivity index (χ1v) is 10.7. The quantitative estimate of drug-likeness (QED) is 0.589. The number of para-hydroxylation sites is 1. The molecule has 8 heteroatoms. The minimum atomic E-state index is -0.276. The lowest BCUT2D eigenvalue weighted by Gasteiger charge is -2.38. The predicted molar refractivity (Wildman–Crippen MR) is 118 cm³/mol. The minimum Gasteiger partial charge on any atom is -0.494 e. The van der Waals surface area contributed by atoms with Crippen LogP contribution in [0.25, 0.3) is 0 Å². The van der Waals surface area contributed by atoms with Crippen molar-refractivity contribution in [2.45, 2.75) is 25.0 Å². The van der Waals surface area contributed by atoms with Gasteiger partial charge in [-0.2, -0.15) is 0 Å². The molecule has 1 amide bonds. The second kappa shape index (κ2) is 11.3. The highest BCUT2D eigenvalue weighted by Crippen LogP contribution is 2.28. The van der Waals surface area contributed by atoms with Crippen LogP contribution in [0.15, 0.2) is 42.5 Å². The average Bonchev–Trinajstić information content (AvgIpc) is 2.78. The van der Waals surface area contributed by atoms with Crippen LogP contribution in [0.2, 0.25) is 5.02 Å². The lowest BCUT2D eigenvalue weighted by atomic mass is 10.0. The third kappa shape index (κ3) is 6.32. The summed E-state index contributed by atoms with van der Waals surface area (Å²) in [4.78, 5) is 15.1. The van der Waals surface area contributed by atoms with Gasteiger partial charge in [0, 0.05) is 26.7 Å². The smallest absolute Gasteiger partial charge is 0.255 e. The third-order valence-corrected chi connectivity index (χ3v) is 5.68. The zero-order valence-corrected chi connectivity index (χ0v) is 18.5. The van der Waals surface area contributed by atoms with Crippen molar-refractivity contribution in [3.63, 3.8) is 0 Å². The van der Waals surface area contributed by atoms with Crippen LogP contribution in [-0.2, 0) is 4.74 Å². The Kier molecular flexibility index (Phi) is 8.51. The number of halogens is 2. The molecule has 0 aliphatic carbocycles. The number of nitrogens with zero attached hydrogens (tertiary/aromatic N) is 1. The van der Waals surface area contributed by atoms with E-state index in [1.165, 1.54) is 19.2 Å². The molecule has 1 aliphatic heterocycles. The molecule has 6 nitrogen and oxygen atoms in total. The maximum atomic E-state index is 12.9. The fourth-order valence-corrected chi connectivity index (χ4v) is 3.99. The zero-order chi connectivity index (χ0) is 22.2. The first kappa shape index (κ1) is 23.3. The second-order valence-corrected chi connectivity index (χ2v) is 7.83. The number of piperidine rings is 1. The molecular weight excluding hydrogens is 423 g/mol. The molecule has 2 unspecified atom stereocenters. The van der Waals surface area contributed by atoms with E-state index in [1.54, 1.807) is 37.4 Å². The molecule has 1 heterocycles. The Morgan fingerprint density at radius 1 is 1.23 bits per heavy atom. The summed E-state index contributed by atoms with van der Waals surface area (Å²) in [7, 11) is 3.15. The number of ether oxygens (including phenoxy) is 3. The summed E-state index contributed by atoms with van der Waals surface area (Å²) < 4.78 is 29.5. The Morgan fingerprint density at radius 3 is 2.71 bits per heavy atom. The molecule has 1 aliphatic rings. The van der Waals surface area contributed by atoms with E-state index in [4.69, 9.17) is 25.8 Å². The number of carbonyl (C=O) groups is 1. The molecule has 2 atom stereocenters. The lowest BCUT2D eigenvalue weighted by Crippen LogP contribution is -2.55. The van der Waals surface area contributed by atoms with Crippen molar-refractivity contribution in [1.82, 2.24) is 10.2 Å². The number of methoxy groups -OCH3 is 2. The van der Waals surface area contributed by atoms with Gasteiger partial charge in [0.15, 0.2) is 0 Å². The van der Waals surface area contributed by atoms with Gasteiger partial charge in [-0.05, 0) is 49.2 Å². The summed E-state index contributed by atoms with van der Waals surface area (Å²) in [5.74, 6) is 0.525. The van der Waals surface area contributed by atoms with Gasteiger partial charge in [-0.25, -0.2) is 4.39 Å². The molecule has 0 radical (unpaired) electrons. The van der Waals surface area contributed by atoms with Crippen molar-refractivity contribution < 1.29 is 23.4 Å². The molecule has 1 saturated heterocycles. The highest BCUT2D eigenvalue weighted by atomic mass is 35.5. The number of rotatable bonds is 9. The normalized spacial score (nSPS) is 19.1. The van der Waals surface area contributed by atoms with Gasteiger partial charge in [0.25, 0.3) is 5.91 Å². The number of amides is 1. The second-order valence-electron chi connectivity index (χ2n) is 7.42. The van der Waals surface area contributed by atoms with Crippen molar-refractivity contribution in [3.05, 3.63) is 58.9 Å². The molecule has 0 spiro atoms. The van der Waals surface area contributed by atoms with Crippen LogP contribution in [0.4, 0.5) is 4.39 Å².